The van der Waals surface area contributed by atoms with E-state index in [9.17, 15) is 9.90 Å². The molecule has 0 radical (unpaired) electrons. The molecular formula is C19H27ClN2O2. The largest absolute Gasteiger partial charge is 0.384 e. The molecule has 3 N–H and O–H groups in total. The minimum absolute atomic E-state index is 0.0854. The maximum absolute atomic E-state index is 11.5. The van der Waals surface area contributed by atoms with E-state index >= 15 is 0 Å². The van der Waals surface area contributed by atoms with Crippen molar-refractivity contribution in [2.24, 2.45) is 17.1 Å². The predicted octanol–water partition coefficient (Wildman–Crippen LogP) is 2.57. The number of aliphatic hydroxyl groups is 1. The van der Waals surface area contributed by atoms with Gasteiger partial charge in [-0.25, -0.2) is 0 Å². The summed E-state index contributed by atoms with van der Waals surface area (Å²) in [5.41, 5.74) is 5.47. The van der Waals surface area contributed by atoms with E-state index in [-0.39, 0.29) is 11.3 Å². The molecule has 2 fully saturated rings. The Morgan fingerprint density at radius 3 is 2.46 bits per heavy atom. The van der Waals surface area contributed by atoms with Crippen molar-refractivity contribution in [3.8, 4) is 0 Å². The van der Waals surface area contributed by atoms with E-state index < -0.39 is 11.1 Å². The molecule has 1 aromatic carbocycles. The Morgan fingerprint density at radius 2 is 1.96 bits per heavy atom. The highest BCUT2D eigenvalue weighted by Gasteiger charge is 2.62. The van der Waals surface area contributed by atoms with Crippen LogP contribution >= 0.6 is 11.6 Å². The SMILES string of the molecule is CC(C)[C@](N)(C=O)CN1CCC(O)(c2ccc(Cl)cc2)C2(CC2)C1. The van der Waals surface area contributed by atoms with Crippen molar-refractivity contribution >= 4 is 17.9 Å². The lowest BCUT2D eigenvalue weighted by Gasteiger charge is -2.47. The molecule has 24 heavy (non-hydrogen) atoms. The molecular weight excluding hydrogens is 324 g/mol. The zero-order chi connectivity index (χ0) is 17.6. The van der Waals surface area contributed by atoms with Gasteiger partial charge in [-0.2, -0.15) is 0 Å². The van der Waals surface area contributed by atoms with Crippen LogP contribution < -0.4 is 5.73 Å². The first-order valence-electron chi connectivity index (χ1n) is 8.71. The highest BCUT2D eigenvalue weighted by molar-refractivity contribution is 6.30. The Morgan fingerprint density at radius 1 is 1.33 bits per heavy atom. The zero-order valence-corrected chi connectivity index (χ0v) is 15.2. The molecule has 2 aliphatic rings. The van der Waals surface area contributed by atoms with Gasteiger partial charge in [0, 0.05) is 30.1 Å². The van der Waals surface area contributed by atoms with Crippen LogP contribution in [0.4, 0.5) is 0 Å². The smallest absolute Gasteiger partial charge is 0.141 e. The first-order chi connectivity index (χ1) is 11.2. The van der Waals surface area contributed by atoms with Crippen LogP contribution in [0.5, 0.6) is 0 Å². The predicted molar refractivity (Wildman–Crippen MR) is 95.9 cm³/mol. The number of likely N-dealkylation sites (tertiary alicyclic amines) is 1. The number of carbonyl (C=O) groups is 1. The molecule has 0 amide bonds. The molecule has 1 aliphatic heterocycles. The molecule has 2 atom stereocenters. The average Bonchev–Trinajstić information content (AvgIpc) is 3.32. The molecule has 1 unspecified atom stereocenters. The summed E-state index contributed by atoms with van der Waals surface area (Å²) in [6.45, 7) is 6.03. The van der Waals surface area contributed by atoms with Gasteiger partial charge in [0.1, 0.15) is 6.29 Å². The van der Waals surface area contributed by atoms with E-state index in [4.69, 9.17) is 17.3 Å². The van der Waals surface area contributed by atoms with Crippen molar-refractivity contribution < 1.29 is 9.90 Å². The number of piperidine rings is 1. The second kappa shape index (κ2) is 6.10. The van der Waals surface area contributed by atoms with E-state index in [0.717, 1.165) is 37.8 Å². The third-order valence-corrected chi connectivity index (χ3v) is 6.41. The van der Waals surface area contributed by atoms with Crippen LogP contribution in [-0.4, -0.2) is 41.5 Å². The van der Waals surface area contributed by atoms with Crippen LogP contribution in [0.25, 0.3) is 0 Å². The van der Waals surface area contributed by atoms with Crippen molar-refractivity contribution in [3.63, 3.8) is 0 Å². The lowest BCUT2D eigenvalue weighted by Crippen LogP contribution is -2.60. The maximum Gasteiger partial charge on any atom is 0.141 e. The van der Waals surface area contributed by atoms with Gasteiger partial charge in [-0.3, -0.25) is 0 Å². The van der Waals surface area contributed by atoms with Gasteiger partial charge in [-0.05, 0) is 42.9 Å². The standard InChI is InChI=1S/C19H27ClN2O2/c1-14(2)18(21,13-23)12-22-10-9-19(24,17(11-22)7-8-17)15-3-5-16(20)6-4-15/h3-6,13-14,24H,7-12,21H2,1-2H3/t18-,19?/m1/s1. The Labute approximate surface area is 149 Å². The van der Waals surface area contributed by atoms with E-state index in [1.807, 2.05) is 38.1 Å². The fourth-order valence-corrected chi connectivity index (χ4v) is 4.13. The van der Waals surface area contributed by atoms with Gasteiger partial charge < -0.3 is 20.5 Å². The summed E-state index contributed by atoms with van der Waals surface area (Å²) in [6.07, 6.45) is 3.55. The molecule has 1 saturated heterocycles. The molecule has 5 heteroatoms. The highest BCUT2D eigenvalue weighted by Crippen LogP contribution is 2.62. The number of nitrogens with zero attached hydrogens (tertiary/aromatic N) is 1. The first-order valence-corrected chi connectivity index (χ1v) is 9.08. The van der Waals surface area contributed by atoms with Crippen LogP contribution in [0.15, 0.2) is 24.3 Å². The normalized spacial score (nSPS) is 28.8. The molecule has 0 aromatic heterocycles. The molecule has 1 aromatic rings. The van der Waals surface area contributed by atoms with Crippen molar-refractivity contribution in [2.75, 3.05) is 19.6 Å². The lowest BCUT2D eigenvalue weighted by molar-refractivity contribution is -0.118. The van der Waals surface area contributed by atoms with Crippen LogP contribution in [0.3, 0.4) is 0 Å². The van der Waals surface area contributed by atoms with E-state index in [2.05, 4.69) is 4.90 Å². The third kappa shape index (κ3) is 2.90. The minimum Gasteiger partial charge on any atom is -0.384 e. The number of hydrogen-bond acceptors (Lipinski definition) is 4. The average molecular weight is 351 g/mol. The van der Waals surface area contributed by atoms with Gasteiger partial charge in [0.2, 0.25) is 0 Å². The van der Waals surface area contributed by atoms with Gasteiger partial charge in [0.15, 0.2) is 0 Å². The quantitative estimate of drug-likeness (QED) is 0.801. The number of aldehydes is 1. The van der Waals surface area contributed by atoms with Crippen LogP contribution in [-0.2, 0) is 10.4 Å². The van der Waals surface area contributed by atoms with E-state index in [1.165, 1.54) is 0 Å². The topological polar surface area (TPSA) is 66.6 Å². The molecule has 132 valence electrons. The summed E-state index contributed by atoms with van der Waals surface area (Å²) in [5.74, 6) is 0.0854. The number of benzene rings is 1. The van der Waals surface area contributed by atoms with E-state index in [1.54, 1.807) is 0 Å². The summed E-state index contributed by atoms with van der Waals surface area (Å²) in [4.78, 5) is 13.7. The van der Waals surface area contributed by atoms with Crippen molar-refractivity contribution in [1.82, 2.24) is 4.90 Å². The molecule has 1 heterocycles. The maximum atomic E-state index is 11.5. The Hall–Kier alpha value is -0.940. The monoisotopic (exact) mass is 350 g/mol. The third-order valence-electron chi connectivity index (χ3n) is 6.16. The van der Waals surface area contributed by atoms with Crippen LogP contribution in [0.1, 0.15) is 38.7 Å². The van der Waals surface area contributed by atoms with Crippen molar-refractivity contribution in [3.05, 3.63) is 34.9 Å². The van der Waals surface area contributed by atoms with Gasteiger partial charge in [0.25, 0.3) is 0 Å². The highest BCUT2D eigenvalue weighted by atomic mass is 35.5. The Balaban J connectivity index is 1.79. The number of nitrogens with two attached hydrogens (primary N) is 1. The van der Waals surface area contributed by atoms with E-state index in [0.29, 0.717) is 18.0 Å². The minimum atomic E-state index is -0.828. The van der Waals surface area contributed by atoms with Crippen LogP contribution in [0, 0.1) is 11.3 Å². The molecule has 1 spiro atoms. The summed E-state index contributed by atoms with van der Waals surface area (Å²) in [5, 5.41) is 12.1. The summed E-state index contributed by atoms with van der Waals surface area (Å²) < 4.78 is 0. The second-order valence-electron chi connectivity index (χ2n) is 7.99. The number of hydrogen-bond donors (Lipinski definition) is 2. The zero-order valence-electron chi connectivity index (χ0n) is 14.5. The van der Waals surface area contributed by atoms with Gasteiger partial charge >= 0.3 is 0 Å². The molecule has 0 bridgehead atoms. The lowest BCUT2D eigenvalue weighted by atomic mass is 9.73. The van der Waals surface area contributed by atoms with Gasteiger partial charge in [0.05, 0.1) is 11.1 Å². The van der Waals surface area contributed by atoms with Gasteiger partial charge in [-0.1, -0.05) is 37.6 Å². The Bertz CT molecular complexity index is 614. The van der Waals surface area contributed by atoms with Crippen LogP contribution in [0.2, 0.25) is 5.02 Å². The number of carbonyl (C=O) groups excluding carboxylic acids is 1. The number of halogens is 1. The van der Waals surface area contributed by atoms with Gasteiger partial charge in [-0.15, -0.1) is 0 Å². The second-order valence-corrected chi connectivity index (χ2v) is 8.43. The molecule has 1 aliphatic carbocycles. The number of rotatable bonds is 5. The Kier molecular flexibility index (Phi) is 4.54. The molecule has 1 saturated carbocycles. The summed E-state index contributed by atoms with van der Waals surface area (Å²) in [7, 11) is 0. The summed E-state index contributed by atoms with van der Waals surface area (Å²) in [6, 6.07) is 7.55. The van der Waals surface area contributed by atoms with Crippen molar-refractivity contribution in [2.45, 2.75) is 44.2 Å². The first kappa shape index (κ1) is 17.9. The fourth-order valence-electron chi connectivity index (χ4n) is 4.00. The summed E-state index contributed by atoms with van der Waals surface area (Å²) >= 11 is 5.99. The molecule has 3 rings (SSSR count). The fraction of sp³-hybridized carbons (Fsp3) is 0.632. The molecule has 4 nitrogen and oxygen atoms in total. The van der Waals surface area contributed by atoms with Crippen molar-refractivity contribution in [1.29, 1.82) is 0 Å².